The van der Waals surface area contributed by atoms with Crippen LogP contribution < -0.4 is 9.44 Å². The standard InChI is InChI=1S/C17H20N4O4S3/c1-4-13-11-15(19-27(22,23)16-7-8-21(3)18-16)14(10-12(13)2)20-28(24,25)17-6-5-9-26-17/h5-11,19-20H,4H2,1-3H3. The zero-order valence-electron chi connectivity index (χ0n) is 15.5. The highest BCUT2D eigenvalue weighted by atomic mass is 32.2. The van der Waals surface area contributed by atoms with Crippen LogP contribution in [0.15, 0.2) is 51.1 Å². The summed E-state index contributed by atoms with van der Waals surface area (Å²) >= 11 is 1.08. The maximum atomic E-state index is 12.7. The van der Waals surface area contributed by atoms with E-state index in [1.807, 2.05) is 13.8 Å². The molecule has 0 saturated heterocycles. The van der Waals surface area contributed by atoms with E-state index in [1.54, 1.807) is 30.6 Å². The summed E-state index contributed by atoms with van der Waals surface area (Å²) in [6.07, 6.45) is 2.18. The van der Waals surface area contributed by atoms with Gasteiger partial charge in [0.2, 0.25) is 0 Å². The van der Waals surface area contributed by atoms with Gasteiger partial charge in [0.05, 0.1) is 11.4 Å². The molecule has 0 bridgehead atoms. The Morgan fingerprint density at radius 3 is 2.32 bits per heavy atom. The molecule has 3 aromatic rings. The molecule has 0 radical (unpaired) electrons. The quantitative estimate of drug-likeness (QED) is 0.587. The molecule has 0 spiro atoms. The number of rotatable bonds is 7. The van der Waals surface area contributed by atoms with Crippen LogP contribution in [0.25, 0.3) is 0 Å². The summed E-state index contributed by atoms with van der Waals surface area (Å²) in [5.41, 5.74) is 2.06. The van der Waals surface area contributed by atoms with Gasteiger partial charge in [0.25, 0.3) is 20.0 Å². The normalized spacial score (nSPS) is 12.1. The van der Waals surface area contributed by atoms with E-state index in [-0.39, 0.29) is 20.6 Å². The molecule has 2 N–H and O–H groups in total. The molecule has 0 amide bonds. The summed E-state index contributed by atoms with van der Waals surface area (Å²) in [6, 6.07) is 7.75. The highest BCUT2D eigenvalue weighted by Gasteiger charge is 2.22. The Balaban J connectivity index is 2.04. The van der Waals surface area contributed by atoms with Crippen molar-refractivity contribution >= 4 is 42.8 Å². The molecular formula is C17H20N4O4S3. The molecular weight excluding hydrogens is 420 g/mol. The summed E-state index contributed by atoms with van der Waals surface area (Å²) in [4.78, 5) is 0. The first kappa shape index (κ1) is 20.4. The molecule has 2 heterocycles. The van der Waals surface area contributed by atoms with Gasteiger partial charge in [-0.15, -0.1) is 11.3 Å². The summed E-state index contributed by atoms with van der Waals surface area (Å²) in [5, 5.41) is 5.42. The van der Waals surface area contributed by atoms with Gasteiger partial charge in [0, 0.05) is 13.2 Å². The maximum Gasteiger partial charge on any atom is 0.281 e. The van der Waals surface area contributed by atoms with E-state index in [1.165, 1.54) is 23.0 Å². The molecule has 0 aliphatic heterocycles. The number of hydrogen-bond acceptors (Lipinski definition) is 6. The van der Waals surface area contributed by atoms with Gasteiger partial charge in [0.15, 0.2) is 5.03 Å². The number of thiophene rings is 1. The molecule has 0 aliphatic carbocycles. The second-order valence-electron chi connectivity index (χ2n) is 6.15. The second-order valence-corrected chi connectivity index (χ2v) is 10.6. The molecule has 0 atom stereocenters. The lowest BCUT2D eigenvalue weighted by molar-refractivity contribution is 0.592. The van der Waals surface area contributed by atoms with Crippen molar-refractivity contribution in [2.24, 2.45) is 7.05 Å². The Hall–Kier alpha value is -2.37. The predicted molar refractivity (Wildman–Crippen MR) is 110 cm³/mol. The molecule has 0 aliphatic rings. The third kappa shape index (κ3) is 4.21. The molecule has 1 aromatic carbocycles. The smallest absolute Gasteiger partial charge is 0.277 e. The first-order chi connectivity index (χ1) is 13.1. The summed E-state index contributed by atoms with van der Waals surface area (Å²) in [7, 11) is -6.20. The Morgan fingerprint density at radius 2 is 1.75 bits per heavy atom. The summed E-state index contributed by atoms with van der Waals surface area (Å²) in [5.74, 6) is 0. The topological polar surface area (TPSA) is 110 Å². The minimum absolute atomic E-state index is 0.142. The number of aryl methyl sites for hydroxylation is 3. The van der Waals surface area contributed by atoms with Crippen molar-refractivity contribution in [3.05, 3.63) is 53.0 Å². The fourth-order valence-electron chi connectivity index (χ4n) is 2.65. The van der Waals surface area contributed by atoms with Crippen LogP contribution in [-0.4, -0.2) is 26.6 Å². The lowest BCUT2D eigenvalue weighted by atomic mass is 10.0. The number of aromatic nitrogens is 2. The van der Waals surface area contributed by atoms with Crippen LogP contribution in [0.1, 0.15) is 18.1 Å². The van der Waals surface area contributed by atoms with Crippen LogP contribution in [0, 0.1) is 6.92 Å². The van der Waals surface area contributed by atoms with E-state index >= 15 is 0 Å². The van der Waals surface area contributed by atoms with Crippen LogP contribution in [-0.2, 0) is 33.5 Å². The minimum atomic E-state index is -3.98. The van der Waals surface area contributed by atoms with Gasteiger partial charge in [-0.1, -0.05) is 13.0 Å². The average molecular weight is 441 g/mol. The van der Waals surface area contributed by atoms with Gasteiger partial charge in [0.1, 0.15) is 4.21 Å². The molecule has 2 aromatic heterocycles. The third-order valence-corrected chi connectivity index (χ3v) is 8.09. The summed E-state index contributed by atoms with van der Waals surface area (Å²) in [6.45, 7) is 3.79. The van der Waals surface area contributed by atoms with Gasteiger partial charge >= 0.3 is 0 Å². The van der Waals surface area contributed by atoms with E-state index < -0.39 is 20.0 Å². The van der Waals surface area contributed by atoms with Gasteiger partial charge in [-0.3, -0.25) is 14.1 Å². The fourth-order valence-corrected chi connectivity index (χ4v) is 5.75. The molecule has 8 nitrogen and oxygen atoms in total. The second kappa shape index (κ2) is 7.57. The lowest BCUT2D eigenvalue weighted by Crippen LogP contribution is -2.18. The van der Waals surface area contributed by atoms with Crippen molar-refractivity contribution in [2.75, 3.05) is 9.44 Å². The number of nitrogens with one attached hydrogen (secondary N) is 2. The SMILES string of the molecule is CCc1cc(NS(=O)(=O)c2ccn(C)n2)c(NS(=O)(=O)c2cccs2)cc1C. The fraction of sp³-hybridized carbons (Fsp3) is 0.235. The highest BCUT2D eigenvalue weighted by Crippen LogP contribution is 2.31. The third-order valence-electron chi connectivity index (χ3n) is 4.07. The first-order valence-electron chi connectivity index (χ1n) is 8.34. The van der Waals surface area contributed by atoms with E-state index in [2.05, 4.69) is 14.5 Å². The van der Waals surface area contributed by atoms with E-state index in [9.17, 15) is 16.8 Å². The molecule has 3 rings (SSSR count). The average Bonchev–Trinajstić information content (AvgIpc) is 3.29. The van der Waals surface area contributed by atoms with Crippen molar-refractivity contribution in [3.8, 4) is 0 Å². The zero-order chi connectivity index (χ0) is 20.5. The van der Waals surface area contributed by atoms with Crippen molar-refractivity contribution in [3.63, 3.8) is 0 Å². The molecule has 11 heteroatoms. The lowest BCUT2D eigenvalue weighted by Gasteiger charge is -2.16. The molecule has 150 valence electrons. The van der Waals surface area contributed by atoms with Gasteiger partial charge < -0.3 is 0 Å². The van der Waals surface area contributed by atoms with E-state index in [0.717, 1.165) is 22.5 Å². The van der Waals surface area contributed by atoms with Crippen LogP contribution in [0.4, 0.5) is 11.4 Å². The van der Waals surface area contributed by atoms with E-state index in [0.29, 0.717) is 6.42 Å². The Kier molecular flexibility index (Phi) is 5.50. The van der Waals surface area contributed by atoms with Gasteiger partial charge in [-0.05, 0) is 54.1 Å². The van der Waals surface area contributed by atoms with Crippen LogP contribution in [0.3, 0.4) is 0 Å². The van der Waals surface area contributed by atoms with Crippen molar-refractivity contribution < 1.29 is 16.8 Å². The van der Waals surface area contributed by atoms with Crippen molar-refractivity contribution in [1.82, 2.24) is 9.78 Å². The van der Waals surface area contributed by atoms with Crippen LogP contribution in [0.2, 0.25) is 0 Å². The van der Waals surface area contributed by atoms with E-state index in [4.69, 9.17) is 0 Å². The first-order valence-corrected chi connectivity index (χ1v) is 12.2. The molecule has 0 unspecified atom stereocenters. The van der Waals surface area contributed by atoms with Gasteiger partial charge in [-0.2, -0.15) is 13.5 Å². The predicted octanol–water partition coefficient (Wildman–Crippen LogP) is 2.95. The maximum absolute atomic E-state index is 12.7. The number of benzene rings is 1. The molecule has 28 heavy (non-hydrogen) atoms. The summed E-state index contributed by atoms with van der Waals surface area (Å²) < 4.78 is 57.1. The van der Waals surface area contributed by atoms with Gasteiger partial charge in [-0.25, -0.2) is 8.42 Å². The van der Waals surface area contributed by atoms with Crippen molar-refractivity contribution in [1.29, 1.82) is 0 Å². The number of sulfonamides is 2. The molecule has 0 saturated carbocycles. The zero-order valence-corrected chi connectivity index (χ0v) is 18.0. The van der Waals surface area contributed by atoms with Crippen LogP contribution >= 0.6 is 11.3 Å². The number of hydrogen-bond donors (Lipinski definition) is 2. The Bertz CT molecular complexity index is 1200. The Labute approximate surface area is 168 Å². The molecule has 0 fully saturated rings. The highest BCUT2D eigenvalue weighted by molar-refractivity contribution is 7.94. The van der Waals surface area contributed by atoms with Crippen molar-refractivity contribution in [2.45, 2.75) is 29.5 Å². The monoisotopic (exact) mass is 440 g/mol. The number of anilines is 2. The van der Waals surface area contributed by atoms with Crippen LogP contribution in [0.5, 0.6) is 0 Å². The number of nitrogens with zero attached hydrogens (tertiary/aromatic N) is 2. The largest absolute Gasteiger partial charge is 0.281 e. The Morgan fingerprint density at radius 1 is 1.07 bits per heavy atom. The minimum Gasteiger partial charge on any atom is -0.277 e.